The first kappa shape index (κ1) is 34.4. The van der Waals surface area contributed by atoms with Crippen LogP contribution in [0.3, 0.4) is 0 Å². The van der Waals surface area contributed by atoms with E-state index in [1.807, 2.05) is 32.0 Å². The zero-order valence-corrected chi connectivity index (χ0v) is 29.9. The third-order valence-corrected chi connectivity index (χ3v) is 12.4. The molecule has 1 heterocycles. The third-order valence-electron chi connectivity index (χ3n) is 12.4. The van der Waals surface area contributed by atoms with Crippen LogP contribution in [-0.2, 0) is 14.4 Å². The Balaban J connectivity index is 1.35. The summed E-state index contributed by atoms with van der Waals surface area (Å²) in [4.78, 5) is 44.4. The van der Waals surface area contributed by atoms with Crippen molar-refractivity contribution in [1.82, 2.24) is 5.01 Å². The Morgan fingerprint density at radius 3 is 2.00 bits per heavy atom. The molecule has 0 atom stereocenters. The Kier molecular flexibility index (Phi) is 10.2. The molecule has 0 radical (unpaired) electrons. The molecule has 8 heteroatoms. The number of hydrazone groups is 1. The largest absolute Gasteiger partial charge is 0.506 e. The normalized spacial score (nSPS) is 23.3. The number of rotatable bonds is 10. The molecule has 4 aliphatic carbocycles. The van der Waals surface area contributed by atoms with Crippen LogP contribution >= 0.6 is 0 Å². The second-order valence-corrected chi connectivity index (χ2v) is 15.5. The van der Waals surface area contributed by atoms with E-state index in [-0.39, 0.29) is 46.1 Å². The van der Waals surface area contributed by atoms with E-state index in [1.54, 1.807) is 11.9 Å². The second-order valence-electron chi connectivity index (χ2n) is 15.5. The van der Waals surface area contributed by atoms with Gasteiger partial charge in [0, 0.05) is 29.8 Å². The topological polar surface area (TPSA) is 102 Å². The number of hydrogen-bond donors (Lipinski definition) is 2. The van der Waals surface area contributed by atoms with Crippen molar-refractivity contribution in [3.63, 3.8) is 0 Å². The molecule has 0 aromatic heterocycles. The summed E-state index contributed by atoms with van der Waals surface area (Å²) < 4.78 is 0. The first-order chi connectivity index (χ1) is 23.1. The van der Waals surface area contributed by atoms with Crippen LogP contribution in [0, 0.1) is 23.2 Å². The van der Waals surface area contributed by atoms with Crippen LogP contribution in [0.15, 0.2) is 40.2 Å². The fraction of sp³-hybridized carbons (Fsp3) is 0.650. The van der Waals surface area contributed by atoms with Gasteiger partial charge in [-0.2, -0.15) is 5.10 Å². The highest BCUT2D eigenvalue weighted by molar-refractivity contribution is 6.44. The summed E-state index contributed by atoms with van der Waals surface area (Å²) in [6.45, 7) is 11.5. The fourth-order valence-corrected chi connectivity index (χ4v) is 9.39. The Morgan fingerprint density at radius 2 is 1.46 bits per heavy atom. The van der Waals surface area contributed by atoms with Crippen LogP contribution in [0.5, 0.6) is 0 Å². The van der Waals surface area contributed by atoms with Crippen molar-refractivity contribution < 1.29 is 19.5 Å². The van der Waals surface area contributed by atoms with Crippen molar-refractivity contribution in [2.75, 3.05) is 23.3 Å². The fourth-order valence-electron chi connectivity index (χ4n) is 9.39. The zero-order valence-electron chi connectivity index (χ0n) is 29.9. The maximum absolute atomic E-state index is 14.3. The molecule has 2 N–H and O–H groups in total. The molecule has 3 fully saturated rings. The Morgan fingerprint density at radius 1 is 0.896 bits per heavy atom. The minimum absolute atomic E-state index is 0.0320. The van der Waals surface area contributed by atoms with Crippen molar-refractivity contribution in [2.45, 2.75) is 131 Å². The summed E-state index contributed by atoms with van der Waals surface area (Å²) in [5.74, 6) is 0.212. The van der Waals surface area contributed by atoms with Gasteiger partial charge >= 0.3 is 0 Å². The molecule has 1 aromatic carbocycles. The Hall–Kier alpha value is -3.42. The molecule has 48 heavy (non-hydrogen) atoms. The highest BCUT2D eigenvalue weighted by Gasteiger charge is 2.47. The van der Waals surface area contributed by atoms with E-state index in [0.29, 0.717) is 34.7 Å². The molecule has 8 nitrogen and oxygen atoms in total. The lowest BCUT2D eigenvalue weighted by Crippen LogP contribution is -2.46. The van der Waals surface area contributed by atoms with Gasteiger partial charge in [0.1, 0.15) is 5.76 Å². The van der Waals surface area contributed by atoms with Crippen LogP contribution in [-0.4, -0.2) is 52.6 Å². The first-order valence-electron chi connectivity index (χ1n) is 18.9. The average molecular weight is 657 g/mol. The molecule has 1 aliphatic heterocycles. The highest BCUT2D eigenvalue weighted by Crippen LogP contribution is 2.46. The predicted molar refractivity (Wildman–Crippen MR) is 193 cm³/mol. The quantitative estimate of drug-likeness (QED) is 0.246. The van der Waals surface area contributed by atoms with Gasteiger partial charge in [0.05, 0.1) is 34.2 Å². The zero-order chi connectivity index (χ0) is 34.2. The van der Waals surface area contributed by atoms with Gasteiger partial charge in [-0.3, -0.25) is 14.4 Å². The van der Waals surface area contributed by atoms with Crippen molar-refractivity contribution in [3.8, 4) is 0 Å². The average Bonchev–Trinajstić information content (AvgIpc) is 3.74. The van der Waals surface area contributed by atoms with Crippen LogP contribution in [0.4, 0.5) is 11.4 Å². The molecule has 0 spiro atoms. The number of carbonyl (C=O) groups excluding carboxylic acids is 3. The summed E-state index contributed by atoms with van der Waals surface area (Å²) in [7, 11) is 0. The number of aliphatic hydroxyl groups is 1. The molecule has 260 valence electrons. The molecular formula is C40H56N4O4. The lowest BCUT2D eigenvalue weighted by molar-refractivity contribution is -0.131. The molecule has 2 amide bonds. The molecular weight excluding hydrogens is 600 g/mol. The van der Waals surface area contributed by atoms with Gasteiger partial charge in [-0.05, 0) is 95.2 Å². The van der Waals surface area contributed by atoms with Crippen molar-refractivity contribution in [2.24, 2.45) is 28.3 Å². The van der Waals surface area contributed by atoms with Crippen LogP contribution in [0.1, 0.15) is 130 Å². The molecule has 0 saturated heterocycles. The number of aliphatic hydroxyl groups excluding tert-OH is 1. The minimum atomic E-state index is -0.577. The number of Topliss-reactive ketones (excluding diaryl/α,β-unsaturated/α-hetero) is 1. The first-order valence-corrected chi connectivity index (χ1v) is 18.9. The number of anilines is 2. The van der Waals surface area contributed by atoms with Crippen LogP contribution < -0.4 is 10.2 Å². The Bertz CT molecular complexity index is 1500. The smallest absolute Gasteiger partial charge is 0.277 e. The lowest BCUT2D eigenvalue weighted by atomic mass is 9.73. The number of nitrogens with one attached hydrogen (secondary N) is 1. The minimum Gasteiger partial charge on any atom is -0.506 e. The highest BCUT2D eigenvalue weighted by atomic mass is 16.3. The molecule has 5 aliphatic rings. The number of amides is 2. The standard InChI is InChI=1S/C40H56N4O4/c1-6-43(7-2)29-22-23-30(31(24-29)41-39(48)40(4,5)28-20-14-15-21-28)33-36(45)34(37(33)46)32-25(3)42-44(38(32)47)35(26-16-10-8-11-17-26)27-18-12-9-13-19-27/h22-24,26-28,35,45H,6-21H2,1-5H3,(H,41,48). The van der Waals surface area contributed by atoms with Gasteiger partial charge in [0.25, 0.3) is 5.91 Å². The number of ketones is 1. The molecule has 6 rings (SSSR count). The number of hydrogen-bond acceptors (Lipinski definition) is 6. The van der Waals surface area contributed by atoms with E-state index in [4.69, 9.17) is 5.10 Å². The molecule has 1 aromatic rings. The monoisotopic (exact) mass is 656 g/mol. The summed E-state index contributed by atoms with van der Waals surface area (Å²) >= 11 is 0. The molecule has 3 saturated carbocycles. The van der Waals surface area contributed by atoms with E-state index < -0.39 is 5.41 Å². The number of nitrogens with zero attached hydrogens (tertiary/aromatic N) is 3. The Labute approximate surface area is 287 Å². The summed E-state index contributed by atoms with van der Waals surface area (Å²) in [5, 5.41) is 21.3. The second kappa shape index (κ2) is 14.2. The molecule has 0 unspecified atom stereocenters. The third kappa shape index (κ3) is 6.24. The summed E-state index contributed by atoms with van der Waals surface area (Å²) in [6, 6.07) is 5.71. The number of carbonyl (C=O) groups is 3. The van der Waals surface area contributed by atoms with Gasteiger partial charge in [0.15, 0.2) is 0 Å². The van der Waals surface area contributed by atoms with E-state index in [9.17, 15) is 19.5 Å². The van der Waals surface area contributed by atoms with E-state index in [1.165, 1.54) is 38.5 Å². The summed E-state index contributed by atoms with van der Waals surface area (Å²) in [5.41, 5.74) is 2.27. The van der Waals surface area contributed by atoms with E-state index >= 15 is 0 Å². The van der Waals surface area contributed by atoms with Gasteiger partial charge < -0.3 is 15.3 Å². The van der Waals surface area contributed by atoms with E-state index in [0.717, 1.165) is 70.1 Å². The van der Waals surface area contributed by atoms with Crippen molar-refractivity contribution in [3.05, 3.63) is 40.7 Å². The van der Waals surface area contributed by atoms with Gasteiger partial charge in [-0.1, -0.05) is 65.2 Å². The van der Waals surface area contributed by atoms with E-state index in [2.05, 4.69) is 24.1 Å². The maximum Gasteiger partial charge on any atom is 0.277 e. The van der Waals surface area contributed by atoms with Crippen molar-refractivity contribution >= 4 is 40.3 Å². The number of allylic oxidation sites excluding steroid dienone is 2. The SMILES string of the molecule is CCN(CC)c1ccc(C2=C(O)C(=C3C(=O)N(C(C4CCCCC4)C4CCCCC4)N=C3C)C2=O)c(NC(=O)C(C)(C)C2CCCC2)c1. The van der Waals surface area contributed by atoms with Gasteiger partial charge in [-0.25, -0.2) is 5.01 Å². The predicted octanol–water partition coefficient (Wildman–Crippen LogP) is 8.58. The summed E-state index contributed by atoms with van der Waals surface area (Å²) in [6.07, 6.45) is 16.0. The van der Waals surface area contributed by atoms with Crippen LogP contribution in [0.2, 0.25) is 0 Å². The molecule has 0 bridgehead atoms. The lowest BCUT2D eigenvalue weighted by Gasteiger charge is -2.41. The van der Waals surface area contributed by atoms with Gasteiger partial charge in [0.2, 0.25) is 11.7 Å². The maximum atomic E-state index is 14.3. The van der Waals surface area contributed by atoms with Gasteiger partial charge in [-0.15, -0.1) is 0 Å². The van der Waals surface area contributed by atoms with Crippen molar-refractivity contribution in [1.29, 1.82) is 0 Å². The van der Waals surface area contributed by atoms with Crippen LogP contribution in [0.25, 0.3) is 5.57 Å². The number of benzene rings is 1.